The highest BCUT2D eigenvalue weighted by Crippen LogP contribution is 2.39. The van der Waals surface area contributed by atoms with Crippen molar-refractivity contribution in [2.24, 2.45) is 0 Å². The van der Waals surface area contributed by atoms with Crippen LogP contribution >= 0.6 is 23.2 Å². The van der Waals surface area contributed by atoms with Gasteiger partial charge in [0, 0.05) is 12.1 Å². The van der Waals surface area contributed by atoms with Crippen LogP contribution in [0.3, 0.4) is 0 Å². The first-order valence-electron chi connectivity index (χ1n) is 6.34. The molecule has 2 aromatic rings. The van der Waals surface area contributed by atoms with E-state index >= 15 is 0 Å². The fraction of sp³-hybridized carbons (Fsp3) is 0.143. The second kappa shape index (κ2) is 7.27. The molecule has 1 unspecified atom stereocenters. The molecule has 2 rings (SSSR count). The molecule has 0 saturated heterocycles. The van der Waals surface area contributed by atoms with Crippen molar-refractivity contribution in [2.45, 2.75) is 11.8 Å². The third kappa shape index (κ3) is 4.00. The van der Waals surface area contributed by atoms with Crippen LogP contribution in [0.25, 0.3) is 0 Å². The molecule has 0 aliphatic rings. The van der Waals surface area contributed by atoms with Crippen LogP contribution in [-0.4, -0.2) is 16.2 Å². The van der Waals surface area contributed by atoms with E-state index in [2.05, 4.69) is 4.72 Å². The van der Waals surface area contributed by atoms with Crippen LogP contribution in [0.15, 0.2) is 35.2 Å². The van der Waals surface area contributed by atoms with Gasteiger partial charge in [-0.1, -0.05) is 23.2 Å². The normalized spacial score (nSPS) is 12.0. The molecule has 6 nitrogen and oxygen atoms in total. The highest BCUT2D eigenvalue weighted by molar-refractivity contribution is 7.83. The van der Waals surface area contributed by atoms with Gasteiger partial charge in [0.25, 0.3) is 5.69 Å². The Bertz CT molecular complexity index is 775. The Morgan fingerprint density at radius 3 is 2.30 bits per heavy atom. The molecule has 0 radical (unpaired) electrons. The van der Waals surface area contributed by atoms with E-state index in [1.807, 2.05) is 0 Å². The predicted octanol–water partition coefficient (Wildman–Crippen LogP) is 4.24. The van der Waals surface area contributed by atoms with Crippen LogP contribution in [0, 0.1) is 17.0 Å². The van der Waals surface area contributed by atoms with Gasteiger partial charge in [-0.05, 0) is 37.7 Å². The molecule has 0 aromatic heterocycles. The quantitative estimate of drug-likeness (QED) is 0.626. The van der Waals surface area contributed by atoms with Gasteiger partial charge in [-0.25, -0.2) is 8.93 Å². The van der Waals surface area contributed by atoms with Gasteiger partial charge in [-0.3, -0.25) is 10.1 Å². The Kier molecular flexibility index (Phi) is 5.59. The summed E-state index contributed by atoms with van der Waals surface area (Å²) >= 11 is 12.3. The van der Waals surface area contributed by atoms with Crippen LogP contribution in [0.4, 0.5) is 5.69 Å². The highest BCUT2D eigenvalue weighted by Gasteiger charge is 2.16. The van der Waals surface area contributed by atoms with Gasteiger partial charge >= 0.3 is 0 Å². The maximum Gasteiger partial charge on any atom is 0.269 e. The van der Waals surface area contributed by atoms with Crippen molar-refractivity contribution in [1.82, 2.24) is 4.72 Å². The third-order valence-electron chi connectivity index (χ3n) is 2.95. The summed E-state index contributed by atoms with van der Waals surface area (Å²) in [7, 11) is 0.116. The number of aryl methyl sites for hydroxylation is 1. The molecule has 0 bridgehead atoms. The molecule has 0 heterocycles. The maximum absolute atomic E-state index is 11.7. The monoisotopic (exact) mass is 374 g/mol. The first-order valence-corrected chi connectivity index (χ1v) is 8.25. The summed E-state index contributed by atoms with van der Waals surface area (Å²) in [5.74, 6) is 0.587. The Morgan fingerprint density at radius 1 is 1.22 bits per heavy atom. The zero-order valence-electron chi connectivity index (χ0n) is 12.1. The minimum Gasteiger partial charge on any atom is -0.454 e. The van der Waals surface area contributed by atoms with Crippen LogP contribution in [0.2, 0.25) is 10.0 Å². The number of nitro benzene ring substituents is 1. The second-order valence-electron chi connectivity index (χ2n) is 4.50. The SMILES string of the molecule is CNS(=O)c1cc(Cl)c(Oc2ccc([N+](=O)[O-])cc2C)c(Cl)c1. The number of ether oxygens (including phenoxy) is 1. The van der Waals surface area contributed by atoms with Gasteiger partial charge in [-0.2, -0.15) is 0 Å². The number of hydrogen-bond donors (Lipinski definition) is 1. The first-order chi connectivity index (χ1) is 10.8. The molecular weight excluding hydrogens is 363 g/mol. The largest absolute Gasteiger partial charge is 0.454 e. The van der Waals surface area contributed by atoms with Crippen molar-refractivity contribution >= 4 is 39.9 Å². The van der Waals surface area contributed by atoms with E-state index in [-0.39, 0.29) is 21.5 Å². The molecule has 0 fully saturated rings. The fourth-order valence-corrected chi connectivity index (χ4v) is 3.21. The number of nitrogens with zero attached hydrogens (tertiary/aromatic N) is 1. The molecule has 23 heavy (non-hydrogen) atoms. The zero-order chi connectivity index (χ0) is 17.1. The predicted molar refractivity (Wildman–Crippen MR) is 89.8 cm³/mol. The summed E-state index contributed by atoms with van der Waals surface area (Å²) in [5, 5.41) is 11.1. The summed E-state index contributed by atoms with van der Waals surface area (Å²) in [6.45, 7) is 1.68. The Morgan fingerprint density at radius 2 is 1.83 bits per heavy atom. The molecule has 122 valence electrons. The van der Waals surface area contributed by atoms with E-state index in [1.165, 1.54) is 30.3 Å². The molecule has 0 amide bonds. The van der Waals surface area contributed by atoms with Crippen LogP contribution in [0.5, 0.6) is 11.5 Å². The zero-order valence-corrected chi connectivity index (χ0v) is 14.5. The summed E-state index contributed by atoms with van der Waals surface area (Å²) in [6.07, 6.45) is 0. The van der Waals surface area contributed by atoms with Crippen molar-refractivity contribution in [2.75, 3.05) is 7.05 Å². The van der Waals surface area contributed by atoms with Gasteiger partial charge in [0.1, 0.15) is 16.7 Å². The molecule has 0 saturated carbocycles. The number of benzene rings is 2. The van der Waals surface area contributed by atoms with E-state index in [9.17, 15) is 14.3 Å². The standard InChI is InChI=1S/C14H12Cl2N2O4S/c1-8-5-9(18(19)20)3-4-13(8)22-14-11(15)6-10(7-12(14)16)23(21)17-2/h3-7,17H,1-2H3. The average molecular weight is 375 g/mol. The lowest BCUT2D eigenvalue weighted by atomic mass is 10.2. The molecule has 0 spiro atoms. The number of rotatable bonds is 5. The van der Waals surface area contributed by atoms with Gasteiger partial charge in [0.15, 0.2) is 5.75 Å². The maximum atomic E-state index is 11.7. The molecule has 2 aromatic carbocycles. The van der Waals surface area contributed by atoms with E-state index in [0.29, 0.717) is 16.2 Å². The van der Waals surface area contributed by atoms with Gasteiger partial charge in [-0.15, -0.1) is 0 Å². The second-order valence-corrected chi connectivity index (χ2v) is 6.73. The third-order valence-corrected chi connectivity index (χ3v) is 4.55. The lowest BCUT2D eigenvalue weighted by Gasteiger charge is -2.13. The summed E-state index contributed by atoms with van der Waals surface area (Å²) < 4.78 is 20.0. The van der Waals surface area contributed by atoms with E-state index < -0.39 is 15.9 Å². The number of nitrogens with one attached hydrogen (secondary N) is 1. The number of hydrogen-bond acceptors (Lipinski definition) is 4. The van der Waals surface area contributed by atoms with Gasteiger partial charge in [0.2, 0.25) is 0 Å². The van der Waals surface area contributed by atoms with Gasteiger partial charge in [0.05, 0.1) is 19.9 Å². The lowest BCUT2D eigenvalue weighted by Crippen LogP contribution is -2.10. The molecule has 1 N–H and O–H groups in total. The van der Waals surface area contributed by atoms with Crippen molar-refractivity contribution in [3.8, 4) is 11.5 Å². The number of non-ortho nitro benzene ring substituents is 1. The van der Waals surface area contributed by atoms with Crippen molar-refractivity contribution in [3.05, 3.63) is 56.1 Å². The molecule has 0 aliphatic carbocycles. The van der Waals surface area contributed by atoms with Gasteiger partial charge < -0.3 is 4.74 Å². The minimum absolute atomic E-state index is 0.0354. The first kappa shape index (κ1) is 17.7. The van der Waals surface area contributed by atoms with Crippen molar-refractivity contribution < 1.29 is 13.9 Å². The topological polar surface area (TPSA) is 81.5 Å². The molecule has 0 aliphatic heterocycles. The number of halogens is 2. The Labute approximate surface area is 145 Å². The highest BCUT2D eigenvalue weighted by atomic mass is 35.5. The van der Waals surface area contributed by atoms with Crippen molar-refractivity contribution in [1.29, 1.82) is 0 Å². The lowest BCUT2D eigenvalue weighted by molar-refractivity contribution is -0.384. The van der Waals surface area contributed by atoms with Crippen LogP contribution in [0.1, 0.15) is 5.56 Å². The van der Waals surface area contributed by atoms with Crippen LogP contribution < -0.4 is 9.46 Å². The average Bonchev–Trinajstić information content (AvgIpc) is 2.50. The minimum atomic E-state index is -1.43. The van der Waals surface area contributed by atoms with Crippen molar-refractivity contribution in [3.63, 3.8) is 0 Å². The smallest absolute Gasteiger partial charge is 0.269 e. The Balaban J connectivity index is 2.37. The number of nitro groups is 1. The summed E-state index contributed by atoms with van der Waals surface area (Å²) in [4.78, 5) is 10.7. The van der Waals surface area contributed by atoms with E-state index in [1.54, 1.807) is 14.0 Å². The summed E-state index contributed by atoms with van der Waals surface area (Å²) in [6, 6.07) is 7.15. The molecule has 9 heteroatoms. The summed E-state index contributed by atoms with van der Waals surface area (Å²) in [5.41, 5.74) is 0.529. The molecular formula is C14H12Cl2N2O4S. The fourth-order valence-electron chi connectivity index (χ4n) is 1.83. The Hall–Kier alpha value is -1.67. The van der Waals surface area contributed by atoms with E-state index in [0.717, 1.165) is 0 Å². The van der Waals surface area contributed by atoms with Crippen LogP contribution in [-0.2, 0) is 11.0 Å². The molecule has 1 atom stereocenters. The van der Waals surface area contributed by atoms with E-state index in [4.69, 9.17) is 27.9 Å².